The molecule has 1 nitrogen and oxygen atoms in total. The summed E-state index contributed by atoms with van der Waals surface area (Å²) in [6, 6.07) is 20.3. The molecule has 0 amide bonds. The summed E-state index contributed by atoms with van der Waals surface area (Å²) in [6.45, 7) is 0. The van der Waals surface area contributed by atoms with E-state index in [-0.39, 0.29) is 0 Å². The lowest BCUT2D eigenvalue weighted by Gasteiger charge is -2.13. The third-order valence-corrected chi connectivity index (χ3v) is 4.75. The van der Waals surface area contributed by atoms with Crippen molar-refractivity contribution in [2.45, 2.75) is 4.90 Å². The Morgan fingerprint density at radius 3 is 2.40 bits per heavy atom. The van der Waals surface area contributed by atoms with Crippen LogP contribution in [0, 0.1) is 0 Å². The van der Waals surface area contributed by atoms with E-state index in [0.29, 0.717) is 0 Å². The minimum Gasteiger partial charge on any atom is -0.612 e. The Morgan fingerprint density at radius 1 is 0.900 bits per heavy atom. The van der Waals surface area contributed by atoms with Crippen molar-refractivity contribution in [3.05, 3.63) is 65.1 Å². The summed E-state index contributed by atoms with van der Waals surface area (Å²) in [6.07, 6.45) is 1.72. The predicted octanol–water partition coefficient (Wildman–Crippen LogP) is 5.01. The van der Waals surface area contributed by atoms with E-state index >= 15 is 0 Å². The first-order valence-corrected chi connectivity index (χ1v) is 8.63. The van der Waals surface area contributed by atoms with Gasteiger partial charge in [-0.2, -0.15) is 0 Å². The highest BCUT2D eigenvalue weighted by atomic mass is 79.9. The van der Waals surface area contributed by atoms with Gasteiger partial charge in [-0.25, -0.2) is 0 Å². The van der Waals surface area contributed by atoms with Crippen LogP contribution in [-0.2, 0) is 11.2 Å². The van der Waals surface area contributed by atoms with Crippen LogP contribution in [0.3, 0.4) is 0 Å². The van der Waals surface area contributed by atoms with Gasteiger partial charge in [0.1, 0.15) is 6.26 Å². The minimum atomic E-state index is -1.01. The zero-order valence-corrected chi connectivity index (χ0v) is 13.4. The smallest absolute Gasteiger partial charge is 0.160 e. The van der Waals surface area contributed by atoms with Gasteiger partial charge < -0.3 is 4.55 Å². The second kappa shape index (κ2) is 5.60. The lowest BCUT2D eigenvalue weighted by Crippen LogP contribution is -2.00. The molecule has 0 heterocycles. The Hall–Kier alpha value is -1.29. The van der Waals surface area contributed by atoms with Gasteiger partial charge in [-0.1, -0.05) is 52.3 Å². The maximum Gasteiger partial charge on any atom is 0.160 e. The van der Waals surface area contributed by atoms with Crippen molar-refractivity contribution in [2.75, 3.05) is 6.26 Å². The molecule has 3 aromatic carbocycles. The molecule has 0 aromatic heterocycles. The molecule has 0 saturated carbocycles. The summed E-state index contributed by atoms with van der Waals surface area (Å²) in [5.74, 6) is 0. The molecule has 0 saturated heterocycles. The number of hydrogen-bond donors (Lipinski definition) is 0. The van der Waals surface area contributed by atoms with E-state index in [9.17, 15) is 4.55 Å². The van der Waals surface area contributed by atoms with Crippen molar-refractivity contribution in [3.63, 3.8) is 0 Å². The van der Waals surface area contributed by atoms with Crippen molar-refractivity contribution in [2.24, 2.45) is 0 Å². The highest BCUT2D eigenvalue weighted by Crippen LogP contribution is 2.35. The van der Waals surface area contributed by atoms with E-state index in [1.807, 2.05) is 36.4 Å². The molecule has 3 heteroatoms. The Morgan fingerprint density at radius 2 is 1.60 bits per heavy atom. The van der Waals surface area contributed by atoms with Crippen LogP contribution in [0.25, 0.3) is 21.9 Å². The average molecular weight is 345 g/mol. The monoisotopic (exact) mass is 344 g/mol. The second-order valence-electron chi connectivity index (χ2n) is 4.62. The van der Waals surface area contributed by atoms with Crippen molar-refractivity contribution < 1.29 is 4.55 Å². The fourth-order valence-corrected chi connectivity index (χ4v) is 3.67. The van der Waals surface area contributed by atoms with Crippen molar-refractivity contribution in [3.8, 4) is 11.1 Å². The molecule has 0 aliphatic carbocycles. The van der Waals surface area contributed by atoms with Crippen LogP contribution in [-0.4, -0.2) is 10.8 Å². The van der Waals surface area contributed by atoms with E-state index in [1.54, 1.807) is 6.26 Å². The van der Waals surface area contributed by atoms with Gasteiger partial charge in [0.25, 0.3) is 0 Å². The maximum atomic E-state index is 12.0. The van der Waals surface area contributed by atoms with Gasteiger partial charge >= 0.3 is 0 Å². The third-order valence-electron chi connectivity index (χ3n) is 3.31. The lowest BCUT2D eigenvalue weighted by molar-refractivity contribution is 0.601. The predicted molar refractivity (Wildman–Crippen MR) is 89.4 cm³/mol. The molecule has 0 N–H and O–H groups in total. The third kappa shape index (κ3) is 2.49. The van der Waals surface area contributed by atoms with E-state index in [2.05, 4.69) is 40.2 Å². The van der Waals surface area contributed by atoms with Crippen molar-refractivity contribution in [1.82, 2.24) is 0 Å². The number of halogens is 1. The topological polar surface area (TPSA) is 23.1 Å². The summed E-state index contributed by atoms with van der Waals surface area (Å²) < 4.78 is 13.0. The largest absolute Gasteiger partial charge is 0.612 e. The van der Waals surface area contributed by atoms with Crippen LogP contribution in [0.2, 0.25) is 0 Å². The molecule has 0 bridgehead atoms. The van der Waals surface area contributed by atoms with Gasteiger partial charge in [-0.05, 0) is 51.8 Å². The molecule has 0 aliphatic rings. The molecule has 20 heavy (non-hydrogen) atoms. The van der Waals surface area contributed by atoms with E-state index in [1.165, 1.54) is 10.8 Å². The molecule has 3 rings (SSSR count). The summed E-state index contributed by atoms with van der Waals surface area (Å²) in [5.41, 5.74) is 2.15. The van der Waals surface area contributed by atoms with Gasteiger partial charge in [0.15, 0.2) is 4.90 Å². The van der Waals surface area contributed by atoms with Crippen LogP contribution in [0.4, 0.5) is 0 Å². The van der Waals surface area contributed by atoms with Crippen LogP contribution >= 0.6 is 15.9 Å². The summed E-state index contributed by atoms with van der Waals surface area (Å²) in [7, 11) is 0. The highest BCUT2D eigenvalue weighted by Gasteiger charge is 2.15. The average Bonchev–Trinajstić information content (AvgIpc) is 2.46. The summed E-state index contributed by atoms with van der Waals surface area (Å²) >= 11 is 2.56. The molecule has 1 unspecified atom stereocenters. The number of benzene rings is 3. The summed E-state index contributed by atoms with van der Waals surface area (Å²) in [5, 5.41) is 2.35. The zero-order chi connectivity index (χ0) is 14.1. The Balaban J connectivity index is 2.35. The van der Waals surface area contributed by atoms with Crippen LogP contribution in [0.5, 0.6) is 0 Å². The first-order valence-electron chi connectivity index (χ1n) is 6.28. The van der Waals surface area contributed by atoms with E-state index < -0.39 is 11.2 Å². The van der Waals surface area contributed by atoms with E-state index in [0.717, 1.165) is 20.5 Å². The lowest BCUT2D eigenvalue weighted by atomic mass is 9.98. The molecular weight excluding hydrogens is 332 g/mol. The molecule has 100 valence electrons. The SMILES string of the molecule is C[S+]([O-])c1ccccc1-c1cc(Br)cc2ccccc12. The molecule has 0 spiro atoms. The second-order valence-corrected chi connectivity index (χ2v) is 6.89. The van der Waals surface area contributed by atoms with Gasteiger partial charge in [-0.3, -0.25) is 0 Å². The van der Waals surface area contributed by atoms with Gasteiger partial charge in [0.2, 0.25) is 0 Å². The molecule has 0 radical (unpaired) electrons. The first-order chi connectivity index (χ1) is 9.66. The number of rotatable bonds is 2. The van der Waals surface area contributed by atoms with Crippen LogP contribution < -0.4 is 0 Å². The normalized spacial score (nSPS) is 12.6. The minimum absolute atomic E-state index is 0.871. The van der Waals surface area contributed by atoms with Crippen molar-refractivity contribution in [1.29, 1.82) is 0 Å². The van der Waals surface area contributed by atoms with Crippen LogP contribution in [0.1, 0.15) is 0 Å². The van der Waals surface area contributed by atoms with Gasteiger partial charge in [0.05, 0.1) is 0 Å². The summed E-state index contributed by atoms with van der Waals surface area (Å²) in [4.78, 5) is 0.871. The zero-order valence-electron chi connectivity index (χ0n) is 11.0. The van der Waals surface area contributed by atoms with Gasteiger partial charge in [0, 0.05) is 10.0 Å². The number of fused-ring (bicyclic) bond motifs is 1. The first kappa shape index (κ1) is 13.7. The molecule has 0 aliphatic heterocycles. The highest BCUT2D eigenvalue weighted by molar-refractivity contribution is 9.10. The number of hydrogen-bond acceptors (Lipinski definition) is 1. The quantitative estimate of drug-likeness (QED) is 0.599. The standard InChI is InChI=1S/C17H13BrOS/c1-20(19)17-9-5-4-8-15(17)16-11-13(18)10-12-6-2-3-7-14(12)16/h2-11H,1H3. The molecule has 3 aromatic rings. The molecule has 1 atom stereocenters. The van der Waals surface area contributed by atoms with E-state index in [4.69, 9.17) is 0 Å². The Labute approximate surface area is 129 Å². The fraction of sp³-hybridized carbons (Fsp3) is 0.0588. The van der Waals surface area contributed by atoms with Crippen molar-refractivity contribution >= 4 is 37.9 Å². The Kier molecular flexibility index (Phi) is 3.83. The molecule has 0 fully saturated rings. The fourth-order valence-electron chi connectivity index (χ4n) is 2.44. The maximum absolute atomic E-state index is 12.0. The van der Waals surface area contributed by atoms with Gasteiger partial charge in [-0.15, -0.1) is 0 Å². The van der Waals surface area contributed by atoms with Crippen LogP contribution in [0.15, 0.2) is 70.0 Å². The molecular formula is C17H13BrOS. The Bertz CT molecular complexity index is 768.